The average Bonchev–Trinajstić information content (AvgIpc) is 3.27. The van der Waals surface area contributed by atoms with Crippen LogP contribution in [0.4, 0.5) is 5.69 Å². The first kappa shape index (κ1) is 22.0. The van der Waals surface area contributed by atoms with E-state index in [0.717, 1.165) is 0 Å². The molecule has 5 rings (SSSR count). The molecule has 5 aromatic rings. The summed E-state index contributed by atoms with van der Waals surface area (Å²) in [6.45, 7) is 0. The molecular weight excluding hydrogens is 474 g/mol. The molecule has 0 aliphatic heterocycles. The number of hydrogen-bond acceptors (Lipinski definition) is 6. The number of fused-ring (bicyclic) bond motifs is 3. The lowest BCUT2D eigenvalue weighted by molar-refractivity contribution is -0.113. The Labute approximate surface area is 203 Å². The first-order valence-corrected chi connectivity index (χ1v) is 11.6. The molecule has 2 heterocycles. The van der Waals surface area contributed by atoms with E-state index in [2.05, 4.69) is 15.5 Å². The molecule has 0 aliphatic rings. The minimum Gasteiger partial charge on any atom is -0.497 e. The fourth-order valence-corrected chi connectivity index (χ4v) is 4.58. The number of thioether (sulfide) groups is 1. The van der Waals surface area contributed by atoms with Gasteiger partial charge in [0, 0.05) is 16.8 Å². The van der Waals surface area contributed by atoms with Gasteiger partial charge < -0.3 is 10.1 Å². The smallest absolute Gasteiger partial charge is 0.267 e. The van der Waals surface area contributed by atoms with E-state index in [9.17, 15) is 9.59 Å². The van der Waals surface area contributed by atoms with E-state index in [4.69, 9.17) is 16.3 Å². The van der Waals surface area contributed by atoms with Crippen LogP contribution in [0.1, 0.15) is 0 Å². The normalized spacial score (nSPS) is 11.1. The number of amides is 1. The van der Waals surface area contributed by atoms with Crippen LogP contribution in [0.5, 0.6) is 5.75 Å². The summed E-state index contributed by atoms with van der Waals surface area (Å²) >= 11 is 7.22. The largest absolute Gasteiger partial charge is 0.497 e. The molecule has 0 spiro atoms. The summed E-state index contributed by atoms with van der Waals surface area (Å²) in [5.41, 5.74) is 1.65. The minimum absolute atomic E-state index is 0.0971. The van der Waals surface area contributed by atoms with E-state index in [1.54, 1.807) is 72.2 Å². The lowest BCUT2D eigenvalue weighted by atomic mass is 10.2. The van der Waals surface area contributed by atoms with Gasteiger partial charge in [-0.3, -0.25) is 14.0 Å². The van der Waals surface area contributed by atoms with Crippen molar-refractivity contribution >= 4 is 51.6 Å². The van der Waals surface area contributed by atoms with E-state index in [-0.39, 0.29) is 17.2 Å². The molecule has 1 N–H and O–H groups in total. The number of halogens is 1. The average molecular weight is 492 g/mol. The zero-order valence-electron chi connectivity index (χ0n) is 17.9. The number of hydrogen-bond donors (Lipinski definition) is 1. The monoisotopic (exact) mass is 491 g/mol. The number of benzene rings is 3. The molecule has 1 amide bonds. The third-order valence-electron chi connectivity index (χ3n) is 5.15. The van der Waals surface area contributed by atoms with Gasteiger partial charge in [-0.2, -0.15) is 0 Å². The van der Waals surface area contributed by atoms with Crippen LogP contribution >= 0.6 is 23.4 Å². The van der Waals surface area contributed by atoms with Crippen LogP contribution in [-0.4, -0.2) is 37.9 Å². The number of anilines is 1. The highest BCUT2D eigenvalue weighted by atomic mass is 35.5. The summed E-state index contributed by atoms with van der Waals surface area (Å²) in [4.78, 5) is 25.9. The Balaban J connectivity index is 1.56. The fraction of sp³-hybridized carbons (Fsp3) is 0.0833. The first-order valence-electron chi connectivity index (χ1n) is 10.3. The van der Waals surface area contributed by atoms with Gasteiger partial charge in [0.25, 0.3) is 5.56 Å². The van der Waals surface area contributed by atoms with E-state index in [0.29, 0.717) is 44.0 Å². The predicted molar refractivity (Wildman–Crippen MR) is 133 cm³/mol. The van der Waals surface area contributed by atoms with Crippen LogP contribution in [-0.2, 0) is 4.79 Å². The van der Waals surface area contributed by atoms with Gasteiger partial charge in [0.1, 0.15) is 5.75 Å². The van der Waals surface area contributed by atoms with Crippen molar-refractivity contribution in [2.24, 2.45) is 0 Å². The summed E-state index contributed by atoms with van der Waals surface area (Å²) in [7, 11) is 1.57. The standard InChI is InChI=1S/C24H18ClN5O3S/c1-33-18-9-5-8-17(13-18)29-22(32)19-10-2-3-11-20(19)30-23(29)27-28-24(30)34-14-21(31)26-16-7-4-6-15(25)12-16/h2-13H,14H2,1H3,(H,26,31). The highest BCUT2D eigenvalue weighted by Gasteiger charge is 2.19. The molecule has 0 radical (unpaired) electrons. The number of aromatic nitrogens is 4. The minimum atomic E-state index is -0.223. The second kappa shape index (κ2) is 9.20. The molecule has 170 valence electrons. The maximum atomic E-state index is 13.4. The summed E-state index contributed by atoms with van der Waals surface area (Å²) < 4.78 is 8.61. The maximum absolute atomic E-state index is 13.4. The summed E-state index contributed by atoms with van der Waals surface area (Å²) in [5.74, 6) is 0.839. The van der Waals surface area contributed by atoms with Gasteiger partial charge in [-0.25, -0.2) is 4.57 Å². The molecule has 0 unspecified atom stereocenters. The van der Waals surface area contributed by atoms with Crippen molar-refractivity contribution in [3.8, 4) is 11.4 Å². The third-order valence-corrected chi connectivity index (χ3v) is 6.31. The van der Waals surface area contributed by atoms with Crippen molar-refractivity contribution in [1.29, 1.82) is 0 Å². The first-order chi connectivity index (χ1) is 16.5. The Kier molecular flexibility index (Phi) is 5.95. The predicted octanol–water partition coefficient (Wildman–Crippen LogP) is 4.43. The third kappa shape index (κ3) is 4.11. The molecule has 0 saturated carbocycles. The van der Waals surface area contributed by atoms with Gasteiger partial charge in [0.05, 0.1) is 29.5 Å². The number of nitrogens with zero attached hydrogens (tertiary/aromatic N) is 4. The Morgan fingerprint density at radius 1 is 1.06 bits per heavy atom. The zero-order valence-corrected chi connectivity index (χ0v) is 19.5. The Hall–Kier alpha value is -3.82. The highest BCUT2D eigenvalue weighted by Crippen LogP contribution is 2.25. The molecule has 0 atom stereocenters. The van der Waals surface area contributed by atoms with Crippen LogP contribution in [0.2, 0.25) is 5.02 Å². The molecular formula is C24H18ClN5O3S. The number of carbonyl (C=O) groups is 1. The number of ether oxygens (including phenoxy) is 1. The molecule has 3 aromatic carbocycles. The molecule has 0 aliphatic carbocycles. The summed E-state index contributed by atoms with van der Waals surface area (Å²) in [5, 5.41) is 12.9. The second-order valence-electron chi connectivity index (χ2n) is 7.32. The second-order valence-corrected chi connectivity index (χ2v) is 8.70. The quantitative estimate of drug-likeness (QED) is 0.353. The van der Waals surface area contributed by atoms with Crippen molar-refractivity contribution in [3.05, 3.63) is 88.2 Å². The number of rotatable bonds is 6. The number of methoxy groups -OCH3 is 1. The Morgan fingerprint density at radius 2 is 1.88 bits per heavy atom. The van der Waals surface area contributed by atoms with Gasteiger partial charge in [-0.1, -0.05) is 47.6 Å². The van der Waals surface area contributed by atoms with Crippen molar-refractivity contribution < 1.29 is 9.53 Å². The van der Waals surface area contributed by atoms with Crippen molar-refractivity contribution in [2.45, 2.75) is 5.16 Å². The molecule has 0 saturated heterocycles. The van der Waals surface area contributed by atoms with Crippen LogP contribution < -0.4 is 15.6 Å². The fourth-order valence-electron chi connectivity index (χ4n) is 3.65. The molecule has 2 aromatic heterocycles. The maximum Gasteiger partial charge on any atom is 0.267 e. The van der Waals surface area contributed by atoms with Gasteiger partial charge in [-0.05, 0) is 42.5 Å². The van der Waals surface area contributed by atoms with Crippen molar-refractivity contribution in [3.63, 3.8) is 0 Å². The van der Waals surface area contributed by atoms with E-state index in [1.165, 1.54) is 16.3 Å². The number of nitrogens with one attached hydrogen (secondary N) is 1. The molecule has 8 nitrogen and oxygen atoms in total. The molecule has 0 fully saturated rings. The molecule has 10 heteroatoms. The van der Waals surface area contributed by atoms with Crippen LogP contribution in [0.3, 0.4) is 0 Å². The van der Waals surface area contributed by atoms with Gasteiger partial charge in [0.15, 0.2) is 5.16 Å². The molecule has 34 heavy (non-hydrogen) atoms. The Morgan fingerprint density at radius 3 is 2.71 bits per heavy atom. The van der Waals surface area contributed by atoms with E-state index in [1.807, 2.05) is 12.1 Å². The number of carbonyl (C=O) groups excluding carboxylic acids is 1. The summed E-state index contributed by atoms with van der Waals surface area (Å²) in [6, 6.07) is 21.4. The van der Waals surface area contributed by atoms with Crippen LogP contribution in [0.15, 0.2) is 82.7 Å². The zero-order chi connectivity index (χ0) is 23.7. The highest BCUT2D eigenvalue weighted by molar-refractivity contribution is 7.99. The van der Waals surface area contributed by atoms with Crippen molar-refractivity contribution in [1.82, 2.24) is 19.2 Å². The Bertz CT molecular complexity index is 1600. The number of para-hydroxylation sites is 1. The van der Waals surface area contributed by atoms with Crippen LogP contribution in [0, 0.1) is 0 Å². The lowest BCUT2D eigenvalue weighted by Gasteiger charge is -2.12. The molecule has 0 bridgehead atoms. The van der Waals surface area contributed by atoms with Crippen LogP contribution in [0.25, 0.3) is 22.4 Å². The van der Waals surface area contributed by atoms with Gasteiger partial charge in [0.2, 0.25) is 11.7 Å². The van der Waals surface area contributed by atoms with E-state index < -0.39 is 0 Å². The van der Waals surface area contributed by atoms with E-state index >= 15 is 0 Å². The SMILES string of the molecule is COc1cccc(-n2c(=O)c3ccccc3n3c(SCC(=O)Nc4cccc(Cl)c4)nnc23)c1. The van der Waals surface area contributed by atoms with Crippen molar-refractivity contribution in [2.75, 3.05) is 18.2 Å². The van der Waals surface area contributed by atoms with Gasteiger partial charge in [-0.15, -0.1) is 10.2 Å². The van der Waals surface area contributed by atoms with Gasteiger partial charge >= 0.3 is 0 Å². The summed E-state index contributed by atoms with van der Waals surface area (Å²) in [6.07, 6.45) is 0. The lowest BCUT2D eigenvalue weighted by Crippen LogP contribution is -2.22. The topological polar surface area (TPSA) is 90.5 Å².